The van der Waals surface area contributed by atoms with Crippen LogP contribution in [0.15, 0.2) is 12.7 Å². The smallest absolute Gasteiger partial charge is 0.183 e. The molecule has 10 nitrogen and oxygen atoms in total. The van der Waals surface area contributed by atoms with Crippen LogP contribution in [0, 0.1) is 0 Å². The van der Waals surface area contributed by atoms with Crippen LogP contribution in [-0.2, 0) is 4.74 Å². The van der Waals surface area contributed by atoms with Crippen molar-refractivity contribution in [1.29, 1.82) is 0 Å². The molecule has 3 rings (SSSR count). The summed E-state index contributed by atoms with van der Waals surface area (Å²) in [5.41, 5.74) is -1.01. The Labute approximate surface area is 125 Å². The van der Waals surface area contributed by atoms with Gasteiger partial charge in [-0.3, -0.25) is 9.77 Å². The van der Waals surface area contributed by atoms with Crippen LogP contribution < -0.4 is 5.06 Å². The van der Waals surface area contributed by atoms with Gasteiger partial charge in [-0.1, -0.05) is 0 Å². The molecule has 0 spiro atoms. The van der Waals surface area contributed by atoms with E-state index in [-0.39, 0.29) is 5.82 Å². The third-order valence-electron chi connectivity index (χ3n) is 3.83. The monoisotopic (exact) mass is 311 g/mol. The van der Waals surface area contributed by atoms with Crippen LogP contribution >= 0.6 is 0 Å². The lowest BCUT2D eigenvalue weighted by molar-refractivity contribution is -0.0950. The molecule has 1 aliphatic heterocycles. The summed E-state index contributed by atoms with van der Waals surface area (Å²) in [5.74, 6) is 0.195. The minimum Gasteiger partial charge on any atom is -0.394 e. The molecule has 2 aromatic rings. The number of hydrogen-bond donors (Lipinski definition) is 4. The fraction of sp³-hybridized carbons (Fsp3) is 0.583. The Bertz CT molecular complexity index is 688. The minimum absolute atomic E-state index is 0.195. The third kappa shape index (κ3) is 2.04. The Morgan fingerprint density at radius 1 is 1.41 bits per heavy atom. The molecule has 0 bridgehead atoms. The number of rotatable bonds is 3. The van der Waals surface area contributed by atoms with Crippen LogP contribution in [0.5, 0.6) is 0 Å². The van der Waals surface area contributed by atoms with E-state index < -0.39 is 30.6 Å². The van der Waals surface area contributed by atoms with Crippen molar-refractivity contribution >= 4 is 17.0 Å². The quantitative estimate of drug-likeness (QED) is 0.507. The fourth-order valence-corrected chi connectivity index (χ4v) is 2.64. The number of aliphatic hydroxyl groups is 3. The van der Waals surface area contributed by atoms with E-state index in [0.717, 1.165) is 5.06 Å². The van der Waals surface area contributed by atoms with Crippen LogP contribution in [-0.4, -0.2) is 71.5 Å². The van der Waals surface area contributed by atoms with Gasteiger partial charge >= 0.3 is 0 Å². The number of hydrogen-bond acceptors (Lipinski definition) is 9. The molecule has 0 aromatic carbocycles. The summed E-state index contributed by atoms with van der Waals surface area (Å²) in [7, 11) is 1.40. The van der Waals surface area contributed by atoms with Crippen LogP contribution in [0.4, 0.5) is 5.82 Å². The van der Waals surface area contributed by atoms with Gasteiger partial charge in [0.15, 0.2) is 23.2 Å². The maximum Gasteiger partial charge on any atom is 0.183 e. The number of ether oxygens (including phenoxy) is 1. The molecule has 1 aliphatic rings. The minimum atomic E-state index is -1.64. The normalized spacial score (nSPS) is 31.8. The summed E-state index contributed by atoms with van der Waals surface area (Å²) in [5, 5.41) is 40.1. The molecule has 10 heteroatoms. The highest BCUT2D eigenvalue weighted by molar-refractivity contribution is 5.82. The second-order valence-electron chi connectivity index (χ2n) is 5.43. The van der Waals surface area contributed by atoms with Gasteiger partial charge < -0.3 is 20.1 Å². The molecular formula is C12H17N5O5. The van der Waals surface area contributed by atoms with E-state index in [2.05, 4.69) is 15.0 Å². The van der Waals surface area contributed by atoms with Gasteiger partial charge in [-0.15, -0.1) is 0 Å². The first kappa shape index (κ1) is 15.1. The molecule has 0 saturated carbocycles. The summed E-state index contributed by atoms with van der Waals surface area (Å²) in [6, 6.07) is 0. The lowest BCUT2D eigenvalue weighted by atomic mass is 9.96. The number of imidazole rings is 1. The van der Waals surface area contributed by atoms with Crippen molar-refractivity contribution in [2.75, 3.05) is 18.7 Å². The summed E-state index contributed by atoms with van der Waals surface area (Å²) in [6.45, 7) is 0.976. The number of aromatic nitrogens is 4. The maximum absolute atomic E-state index is 10.5. The zero-order chi connectivity index (χ0) is 16.1. The third-order valence-corrected chi connectivity index (χ3v) is 3.83. The molecule has 0 radical (unpaired) electrons. The van der Waals surface area contributed by atoms with Crippen molar-refractivity contribution in [3.8, 4) is 0 Å². The highest BCUT2D eigenvalue weighted by Gasteiger charge is 2.53. The van der Waals surface area contributed by atoms with Gasteiger partial charge in [-0.05, 0) is 6.92 Å². The Morgan fingerprint density at radius 3 is 2.73 bits per heavy atom. The average molecular weight is 311 g/mol. The predicted octanol–water partition coefficient (Wildman–Crippen LogP) is -1.35. The first-order valence-corrected chi connectivity index (χ1v) is 6.64. The molecule has 0 amide bonds. The van der Waals surface area contributed by atoms with Crippen molar-refractivity contribution in [3.05, 3.63) is 12.7 Å². The summed E-state index contributed by atoms with van der Waals surface area (Å²) < 4.78 is 6.96. The van der Waals surface area contributed by atoms with Crippen molar-refractivity contribution in [1.82, 2.24) is 19.5 Å². The van der Waals surface area contributed by atoms with Crippen LogP contribution in [0.1, 0.15) is 13.2 Å². The maximum atomic E-state index is 10.5. The van der Waals surface area contributed by atoms with Crippen LogP contribution in [0.2, 0.25) is 0 Å². The van der Waals surface area contributed by atoms with E-state index in [9.17, 15) is 20.5 Å². The molecule has 2 aromatic heterocycles. The van der Waals surface area contributed by atoms with E-state index in [1.807, 2.05) is 0 Å². The standard InChI is InChI=1S/C12H17N5O5/c1-12(20)8(19)6(3-18)22-11(12)17-5-15-7-9(16(2)21)13-4-14-10(7)17/h4-6,8,11,18-21H,3H2,1-2H3/t6-,8-,11?,12-/m1/s1. The molecule has 1 unspecified atom stereocenters. The second kappa shape index (κ2) is 5.11. The fourth-order valence-electron chi connectivity index (χ4n) is 2.64. The molecule has 4 N–H and O–H groups in total. The van der Waals surface area contributed by atoms with E-state index >= 15 is 0 Å². The first-order chi connectivity index (χ1) is 10.4. The molecular weight excluding hydrogens is 294 g/mol. The number of anilines is 1. The lowest BCUT2D eigenvalue weighted by Gasteiger charge is -2.27. The average Bonchev–Trinajstić information content (AvgIpc) is 2.99. The topological polar surface area (TPSA) is 137 Å². The number of hydroxylamine groups is 1. The molecule has 0 aliphatic carbocycles. The molecule has 1 fully saturated rings. The number of fused-ring (bicyclic) bond motifs is 1. The highest BCUT2D eigenvalue weighted by atomic mass is 16.6. The van der Waals surface area contributed by atoms with E-state index in [0.29, 0.717) is 11.2 Å². The Kier molecular flexibility index (Phi) is 3.50. The van der Waals surface area contributed by atoms with Gasteiger partial charge in [0, 0.05) is 7.05 Å². The van der Waals surface area contributed by atoms with Crippen molar-refractivity contribution in [3.63, 3.8) is 0 Å². The van der Waals surface area contributed by atoms with Crippen LogP contribution in [0.25, 0.3) is 11.2 Å². The Hall–Kier alpha value is -1.85. The molecule has 22 heavy (non-hydrogen) atoms. The van der Waals surface area contributed by atoms with Crippen molar-refractivity contribution in [2.45, 2.75) is 31.0 Å². The number of nitrogens with zero attached hydrogens (tertiary/aromatic N) is 5. The zero-order valence-corrected chi connectivity index (χ0v) is 12.0. The van der Waals surface area contributed by atoms with Crippen molar-refractivity contribution in [2.24, 2.45) is 0 Å². The predicted molar refractivity (Wildman–Crippen MR) is 73.1 cm³/mol. The Morgan fingerprint density at radius 2 is 2.14 bits per heavy atom. The van der Waals surface area contributed by atoms with E-state index in [1.165, 1.54) is 31.2 Å². The Balaban J connectivity index is 2.10. The van der Waals surface area contributed by atoms with Gasteiger partial charge in [0.05, 0.1) is 12.9 Å². The van der Waals surface area contributed by atoms with Gasteiger partial charge in [-0.25, -0.2) is 20.0 Å². The van der Waals surface area contributed by atoms with Crippen molar-refractivity contribution < 1.29 is 25.3 Å². The van der Waals surface area contributed by atoms with E-state index in [1.54, 1.807) is 0 Å². The van der Waals surface area contributed by atoms with Gasteiger partial charge in [0.2, 0.25) is 0 Å². The summed E-state index contributed by atoms with van der Waals surface area (Å²) in [6.07, 6.45) is -0.554. The van der Waals surface area contributed by atoms with Gasteiger partial charge in [0.25, 0.3) is 0 Å². The van der Waals surface area contributed by atoms with Gasteiger partial charge in [0.1, 0.15) is 24.1 Å². The molecule has 120 valence electrons. The number of aliphatic hydroxyl groups excluding tert-OH is 2. The SMILES string of the molecule is CN(O)c1ncnc2c1ncn2C1O[C@H](CO)[C@@H](O)[C@@]1(C)O. The largest absolute Gasteiger partial charge is 0.394 e. The van der Waals surface area contributed by atoms with E-state index in [4.69, 9.17) is 4.74 Å². The van der Waals surface area contributed by atoms with Gasteiger partial charge in [-0.2, -0.15) is 0 Å². The highest BCUT2D eigenvalue weighted by Crippen LogP contribution is 2.39. The first-order valence-electron chi connectivity index (χ1n) is 6.64. The molecule has 1 saturated heterocycles. The second-order valence-corrected chi connectivity index (χ2v) is 5.43. The zero-order valence-electron chi connectivity index (χ0n) is 12.0. The summed E-state index contributed by atoms with van der Waals surface area (Å²) >= 11 is 0. The molecule has 3 heterocycles. The van der Waals surface area contributed by atoms with Crippen LogP contribution in [0.3, 0.4) is 0 Å². The lowest BCUT2D eigenvalue weighted by Crippen LogP contribution is -2.44. The summed E-state index contributed by atoms with van der Waals surface area (Å²) in [4.78, 5) is 12.1. The molecule has 4 atom stereocenters.